The molecule has 1 aliphatic rings. The van der Waals surface area contributed by atoms with Gasteiger partial charge in [0.2, 0.25) is 0 Å². The molecule has 0 atom stereocenters. The average Bonchev–Trinajstić information content (AvgIpc) is 2.70. The fraction of sp³-hybridized carbons (Fsp3) is 0.562. The van der Waals surface area contributed by atoms with Crippen LogP contribution < -0.4 is 0 Å². The van der Waals surface area contributed by atoms with Gasteiger partial charge in [-0.25, -0.2) is 13.8 Å². The highest BCUT2D eigenvalue weighted by molar-refractivity contribution is 6.16. The molecule has 1 aliphatic carbocycles. The number of nitrogens with zero attached hydrogens (tertiary/aromatic N) is 2. The van der Waals surface area contributed by atoms with Crippen LogP contribution in [0.1, 0.15) is 33.5 Å². The van der Waals surface area contributed by atoms with E-state index in [9.17, 15) is 8.78 Å². The Bertz CT molecular complexity index is 705. The van der Waals surface area contributed by atoms with Crippen LogP contribution in [0.4, 0.5) is 8.78 Å². The van der Waals surface area contributed by atoms with Gasteiger partial charge in [-0.1, -0.05) is 27.7 Å². The molecule has 1 fully saturated rings. The summed E-state index contributed by atoms with van der Waals surface area (Å²) in [5.74, 6) is -0.0186. The van der Waals surface area contributed by atoms with E-state index < -0.39 is 11.6 Å². The highest BCUT2D eigenvalue weighted by Gasteiger charge is 2.64. The molecule has 0 spiro atoms. The molecule has 0 aliphatic heterocycles. The van der Waals surface area contributed by atoms with Gasteiger partial charge >= 0.3 is 0 Å². The highest BCUT2D eigenvalue weighted by atomic mass is 35.5. The van der Waals surface area contributed by atoms with Crippen LogP contribution in [0.15, 0.2) is 12.1 Å². The number of hydrogen-bond acceptors (Lipinski definition) is 1. The Labute approximate surface area is 128 Å². The Hall–Kier alpha value is -1.16. The number of fused-ring (bicyclic) bond motifs is 1. The quantitative estimate of drug-likeness (QED) is 0.749. The van der Waals surface area contributed by atoms with Gasteiger partial charge in [0, 0.05) is 12.6 Å². The van der Waals surface area contributed by atoms with Crippen LogP contribution in [0.25, 0.3) is 11.0 Å². The van der Waals surface area contributed by atoms with Crippen molar-refractivity contribution >= 4 is 22.6 Å². The topological polar surface area (TPSA) is 17.8 Å². The van der Waals surface area contributed by atoms with Crippen molar-refractivity contribution in [3.8, 4) is 0 Å². The summed E-state index contributed by atoms with van der Waals surface area (Å²) in [5, 5.41) is 0. The molecule has 114 valence electrons. The molecule has 3 rings (SSSR count). The van der Waals surface area contributed by atoms with Crippen LogP contribution in [-0.2, 0) is 12.4 Å². The van der Waals surface area contributed by atoms with Crippen molar-refractivity contribution in [3.05, 3.63) is 29.6 Å². The van der Waals surface area contributed by atoms with Crippen molar-refractivity contribution < 1.29 is 8.78 Å². The van der Waals surface area contributed by atoms with Gasteiger partial charge in [0.1, 0.15) is 17.2 Å². The van der Waals surface area contributed by atoms with Gasteiger partial charge in [0.15, 0.2) is 5.82 Å². The van der Waals surface area contributed by atoms with Gasteiger partial charge < -0.3 is 4.57 Å². The number of benzene rings is 1. The van der Waals surface area contributed by atoms with E-state index >= 15 is 0 Å². The molecule has 5 heteroatoms. The molecule has 0 radical (unpaired) electrons. The van der Waals surface area contributed by atoms with Crippen LogP contribution in [0.2, 0.25) is 0 Å². The van der Waals surface area contributed by atoms with Gasteiger partial charge in [-0.15, -0.1) is 11.6 Å². The normalized spacial score (nSPS) is 20.1. The van der Waals surface area contributed by atoms with Gasteiger partial charge in [-0.05, 0) is 22.8 Å². The smallest absolute Gasteiger partial charge is 0.153 e. The number of halogens is 3. The zero-order valence-electron chi connectivity index (χ0n) is 12.7. The summed E-state index contributed by atoms with van der Waals surface area (Å²) in [6, 6.07) is 2.20. The molecular formula is C16H19ClF2N2. The molecule has 1 aromatic heterocycles. The molecule has 21 heavy (non-hydrogen) atoms. The molecule has 1 heterocycles. The van der Waals surface area contributed by atoms with E-state index in [-0.39, 0.29) is 22.2 Å². The summed E-state index contributed by atoms with van der Waals surface area (Å²) in [6.45, 7) is 9.56. The highest BCUT2D eigenvalue weighted by Crippen LogP contribution is 2.69. The number of hydrogen-bond donors (Lipinski definition) is 0. The summed E-state index contributed by atoms with van der Waals surface area (Å²) < 4.78 is 29.3. The predicted molar refractivity (Wildman–Crippen MR) is 80.3 cm³/mol. The molecule has 1 aromatic carbocycles. The second-order valence-corrected chi connectivity index (χ2v) is 7.29. The molecule has 0 amide bonds. The predicted octanol–water partition coefficient (Wildman–Crippen LogP) is 4.74. The van der Waals surface area contributed by atoms with Crippen LogP contribution in [0.5, 0.6) is 0 Å². The fourth-order valence-corrected chi connectivity index (χ4v) is 3.68. The maximum atomic E-state index is 13.9. The second-order valence-electron chi connectivity index (χ2n) is 7.02. The van der Waals surface area contributed by atoms with E-state index in [1.807, 2.05) is 4.57 Å². The summed E-state index contributed by atoms with van der Waals surface area (Å²) in [7, 11) is 0. The molecule has 2 nitrogen and oxygen atoms in total. The monoisotopic (exact) mass is 312 g/mol. The van der Waals surface area contributed by atoms with Gasteiger partial charge in [-0.2, -0.15) is 0 Å². The fourth-order valence-electron chi connectivity index (χ4n) is 3.48. The third kappa shape index (κ3) is 1.99. The first kappa shape index (κ1) is 14.8. The van der Waals surface area contributed by atoms with Crippen molar-refractivity contribution in [1.29, 1.82) is 0 Å². The Morgan fingerprint density at radius 2 is 1.81 bits per heavy atom. The number of imidazole rings is 1. The lowest BCUT2D eigenvalue weighted by atomic mass is 10.0. The minimum Gasteiger partial charge on any atom is -0.326 e. The van der Waals surface area contributed by atoms with E-state index in [2.05, 4.69) is 32.7 Å². The molecule has 0 N–H and O–H groups in total. The Morgan fingerprint density at radius 3 is 2.33 bits per heavy atom. The van der Waals surface area contributed by atoms with Crippen LogP contribution in [0, 0.1) is 28.4 Å². The van der Waals surface area contributed by atoms with E-state index in [4.69, 9.17) is 11.6 Å². The maximum absolute atomic E-state index is 13.9. The van der Waals surface area contributed by atoms with E-state index in [1.54, 1.807) is 0 Å². The molecule has 0 bridgehead atoms. The van der Waals surface area contributed by atoms with E-state index in [1.165, 1.54) is 6.07 Å². The van der Waals surface area contributed by atoms with Crippen molar-refractivity contribution in [2.45, 2.75) is 40.1 Å². The van der Waals surface area contributed by atoms with Gasteiger partial charge in [-0.3, -0.25) is 0 Å². The minimum absolute atomic E-state index is 0.184. The molecular weight excluding hydrogens is 294 g/mol. The first-order valence-electron chi connectivity index (χ1n) is 7.10. The summed E-state index contributed by atoms with van der Waals surface area (Å²) in [4.78, 5) is 4.24. The van der Waals surface area contributed by atoms with Gasteiger partial charge in [0.05, 0.1) is 11.4 Å². The first-order valence-corrected chi connectivity index (χ1v) is 7.63. The largest absolute Gasteiger partial charge is 0.326 e. The number of alkyl halides is 1. The third-order valence-corrected chi connectivity index (χ3v) is 5.89. The summed E-state index contributed by atoms with van der Waals surface area (Å²) in [6.07, 6.45) is 0. The van der Waals surface area contributed by atoms with Gasteiger partial charge in [0.25, 0.3) is 0 Å². The minimum atomic E-state index is -0.635. The van der Waals surface area contributed by atoms with Crippen molar-refractivity contribution in [2.24, 2.45) is 16.7 Å². The molecule has 0 unspecified atom stereocenters. The molecule has 0 saturated heterocycles. The van der Waals surface area contributed by atoms with E-state index in [0.717, 1.165) is 6.07 Å². The molecule has 1 saturated carbocycles. The summed E-state index contributed by atoms with van der Waals surface area (Å²) in [5.41, 5.74) is 1.07. The molecule has 2 aromatic rings. The Kier molecular flexibility index (Phi) is 3.11. The maximum Gasteiger partial charge on any atom is 0.153 e. The third-order valence-electron chi connectivity index (χ3n) is 5.66. The zero-order valence-corrected chi connectivity index (χ0v) is 13.4. The van der Waals surface area contributed by atoms with Crippen LogP contribution >= 0.6 is 11.6 Å². The van der Waals surface area contributed by atoms with E-state index in [0.29, 0.717) is 23.8 Å². The Balaban J connectivity index is 2.10. The second kappa shape index (κ2) is 4.42. The van der Waals surface area contributed by atoms with Crippen LogP contribution in [0.3, 0.4) is 0 Å². The lowest BCUT2D eigenvalue weighted by molar-refractivity contribution is 0.457. The first-order chi connectivity index (χ1) is 9.70. The zero-order chi connectivity index (χ0) is 15.6. The Morgan fingerprint density at radius 1 is 1.19 bits per heavy atom. The van der Waals surface area contributed by atoms with Crippen molar-refractivity contribution in [2.75, 3.05) is 0 Å². The lowest BCUT2D eigenvalue weighted by Crippen LogP contribution is -2.07. The number of rotatable bonds is 3. The van der Waals surface area contributed by atoms with Crippen molar-refractivity contribution in [3.63, 3.8) is 0 Å². The SMILES string of the molecule is CC1(C)C(Cn2c(CCl)nc3c(F)cc(F)cc32)C1(C)C. The standard InChI is InChI=1S/C16H19ClF2N2/c1-15(2)12(16(15,3)4)8-21-11-6-9(18)5-10(19)14(11)20-13(21)7-17/h5-6,12H,7-8H2,1-4H3. The summed E-state index contributed by atoms with van der Waals surface area (Å²) >= 11 is 5.94. The lowest BCUT2D eigenvalue weighted by Gasteiger charge is -2.09. The van der Waals surface area contributed by atoms with Crippen molar-refractivity contribution in [1.82, 2.24) is 9.55 Å². The number of aromatic nitrogens is 2. The average molecular weight is 313 g/mol. The van der Waals surface area contributed by atoms with Crippen LogP contribution in [-0.4, -0.2) is 9.55 Å².